The van der Waals surface area contributed by atoms with E-state index in [1.807, 2.05) is 30.3 Å². The molecule has 2 aromatic heterocycles. The lowest BCUT2D eigenvalue weighted by Crippen LogP contribution is -2.49. The molecule has 6 rings (SSSR count). The van der Waals surface area contributed by atoms with E-state index >= 15 is 0 Å². The lowest BCUT2D eigenvalue weighted by atomic mass is 10.0. The average Bonchev–Trinajstić information content (AvgIpc) is 3.62. The van der Waals surface area contributed by atoms with Crippen LogP contribution >= 0.6 is 0 Å². The van der Waals surface area contributed by atoms with Crippen molar-refractivity contribution in [2.45, 2.75) is 44.9 Å². The number of aromatic amines is 1. The van der Waals surface area contributed by atoms with Crippen molar-refractivity contribution in [3.63, 3.8) is 0 Å². The van der Waals surface area contributed by atoms with Crippen molar-refractivity contribution in [1.82, 2.24) is 30.1 Å². The lowest BCUT2D eigenvalue weighted by Gasteiger charge is -2.39. The van der Waals surface area contributed by atoms with Gasteiger partial charge in [0.05, 0.1) is 18.3 Å². The minimum Gasteiger partial charge on any atom is -0.376 e. The first kappa shape index (κ1) is 24.7. The van der Waals surface area contributed by atoms with Gasteiger partial charge in [-0.25, -0.2) is 9.07 Å². The number of hydrogen-bond acceptors (Lipinski definition) is 7. The number of nitrogens with zero attached hydrogens (tertiary/aromatic N) is 6. The number of ether oxygens (including phenoxy) is 1. The highest BCUT2D eigenvalue weighted by atomic mass is 19.1. The minimum atomic E-state index is -0.451. The zero-order valence-electron chi connectivity index (χ0n) is 21.5. The Bertz CT molecular complexity index is 1470. The summed E-state index contributed by atoms with van der Waals surface area (Å²) >= 11 is 0. The van der Waals surface area contributed by atoms with E-state index in [0.29, 0.717) is 49.8 Å². The van der Waals surface area contributed by atoms with Gasteiger partial charge in [0.25, 0.3) is 5.56 Å². The molecule has 198 valence electrons. The summed E-state index contributed by atoms with van der Waals surface area (Å²) in [6, 6.07) is 14.5. The number of pyridine rings is 1. The summed E-state index contributed by atoms with van der Waals surface area (Å²) in [6.45, 7) is 5.89. The second-order valence-electron chi connectivity index (χ2n) is 10.1. The Labute approximate surface area is 220 Å². The van der Waals surface area contributed by atoms with Gasteiger partial charge in [0, 0.05) is 43.9 Å². The quantitative estimate of drug-likeness (QED) is 0.402. The average molecular weight is 518 g/mol. The maximum absolute atomic E-state index is 14.5. The molecule has 0 amide bonds. The number of tetrazole rings is 1. The first-order valence-corrected chi connectivity index (χ1v) is 13.4. The molecule has 9 nitrogen and oxygen atoms in total. The number of benzene rings is 2. The standard InChI is InChI=1S/C28H32FN7O2/c1-2-19-9-10-24-20(16-19)17-22(28(37)30-24)26(27-31-32-33-36(27)18-21-6-5-15-38-21)35-13-11-34(12-14-35)25-8-4-3-7-23(25)29/h3-4,7-10,16-17,21,26H,2,5-6,11-15,18H2,1H3,(H,30,37)/t21-,26-/m1/s1. The molecular formula is C28H32FN7O2. The molecule has 2 atom stereocenters. The monoisotopic (exact) mass is 517 g/mol. The minimum absolute atomic E-state index is 0.0535. The zero-order chi connectivity index (χ0) is 26.1. The van der Waals surface area contributed by atoms with Crippen LogP contribution in [0.2, 0.25) is 0 Å². The van der Waals surface area contributed by atoms with Crippen molar-refractivity contribution in [1.29, 1.82) is 0 Å². The molecule has 2 aliphatic heterocycles. The molecule has 38 heavy (non-hydrogen) atoms. The van der Waals surface area contributed by atoms with E-state index in [-0.39, 0.29) is 17.5 Å². The number of H-pyrrole nitrogens is 1. The molecule has 0 spiro atoms. The highest BCUT2D eigenvalue weighted by molar-refractivity contribution is 5.80. The van der Waals surface area contributed by atoms with E-state index in [1.165, 1.54) is 11.6 Å². The van der Waals surface area contributed by atoms with Crippen LogP contribution < -0.4 is 10.5 Å². The van der Waals surface area contributed by atoms with Gasteiger partial charge in [0.1, 0.15) is 11.9 Å². The van der Waals surface area contributed by atoms with Crippen molar-refractivity contribution in [2.24, 2.45) is 0 Å². The molecule has 2 fully saturated rings. The Morgan fingerprint density at radius 2 is 1.97 bits per heavy atom. The van der Waals surface area contributed by atoms with Gasteiger partial charge in [-0.15, -0.1) is 5.10 Å². The fourth-order valence-electron chi connectivity index (χ4n) is 5.64. The van der Waals surface area contributed by atoms with Crippen LogP contribution in [0.5, 0.6) is 0 Å². The number of hydrogen-bond donors (Lipinski definition) is 1. The molecule has 2 saturated heterocycles. The molecule has 0 saturated carbocycles. The maximum Gasteiger partial charge on any atom is 0.253 e. The Morgan fingerprint density at radius 3 is 2.74 bits per heavy atom. The van der Waals surface area contributed by atoms with Gasteiger partial charge >= 0.3 is 0 Å². The van der Waals surface area contributed by atoms with Crippen LogP contribution in [-0.2, 0) is 17.7 Å². The van der Waals surface area contributed by atoms with E-state index in [4.69, 9.17) is 4.74 Å². The van der Waals surface area contributed by atoms with Crippen LogP contribution in [-0.4, -0.2) is 69.0 Å². The largest absolute Gasteiger partial charge is 0.376 e. The molecular weight excluding hydrogens is 485 g/mol. The van der Waals surface area contributed by atoms with Gasteiger partial charge in [-0.2, -0.15) is 0 Å². The molecule has 2 aliphatic rings. The van der Waals surface area contributed by atoms with E-state index in [1.54, 1.807) is 10.7 Å². The fraction of sp³-hybridized carbons (Fsp3) is 0.429. The summed E-state index contributed by atoms with van der Waals surface area (Å²) in [5.74, 6) is 0.395. The van der Waals surface area contributed by atoms with Crippen LogP contribution in [0, 0.1) is 5.82 Å². The molecule has 0 unspecified atom stereocenters. The third-order valence-electron chi connectivity index (χ3n) is 7.72. The SMILES string of the molecule is CCc1ccc2[nH]c(=O)c([C@H](c3nnnn3C[C@H]3CCCO3)N3CCN(c4ccccc4F)CC3)cc2c1. The lowest BCUT2D eigenvalue weighted by molar-refractivity contribution is 0.0906. The third kappa shape index (κ3) is 4.81. The van der Waals surface area contributed by atoms with Crippen molar-refractivity contribution in [3.05, 3.63) is 81.7 Å². The van der Waals surface area contributed by atoms with E-state index in [0.717, 1.165) is 36.8 Å². The van der Waals surface area contributed by atoms with Crippen molar-refractivity contribution >= 4 is 16.6 Å². The Hall–Kier alpha value is -3.63. The number of aromatic nitrogens is 5. The molecule has 0 aliphatic carbocycles. The Balaban J connectivity index is 1.38. The normalized spacial score (nSPS) is 19.3. The van der Waals surface area contributed by atoms with Gasteiger partial charge in [-0.3, -0.25) is 9.69 Å². The summed E-state index contributed by atoms with van der Waals surface area (Å²) in [6.07, 6.45) is 2.94. The predicted molar refractivity (Wildman–Crippen MR) is 143 cm³/mol. The Morgan fingerprint density at radius 1 is 1.13 bits per heavy atom. The molecule has 4 aromatic rings. The Kier molecular flexibility index (Phi) is 6.90. The topological polar surface area (TPSA) is 92.2 Å². The van der Waals surface area contributed by atoms with Crippen molar-refractivity contribution < 1.29 is 9.13 Å². The van der Waals surface area contributed by atoms with Gasteiger partial charge in [-0.05, 0) is 71.0 Å². The summed E-state index contributed by atoms with van der Waals surface area (Å²) in [7, 11) is 0. The van der Waals surface area contributed by atoms with E-state index in [9.17, 15) is 9.18 Å². The molecule has 1 N–H and O–H groups in total. The number of halogens is 1. The van der Waals surface area contributed by atoms with E-state index in [2.05, 4.69) is 43.3 Å². The highest BCUT2D eigenvalue weighted by Crippen LogP contribution is 2.30. The molecule has 0 radical (unpaired) electrons. The van der Waals surface area contributed by atoms with Gasteiger partial charge in [0.2, 0.25) is 0 Å². The number of para-hydroxylation sites is 1. The molecule has 10 heteroatoms. The maximum atomic E-state index is 14.5. The summed E-state index contributed by atoms with van der Waals surface area (Å²) < 4.78 is 22.1. The molecule has 0 bridgehead atoms. The number of aryl methyl sites for hydroxylation is 1. The van der Waals surface area contributed by atoms with Crippen LogP contribution in [0.3, 0.4) is 0 Å². The molecule has 4 heterocycles. The second kappa shape index (κ2) is 10.6. The number of anilines is 1. The van der Waals surface area contributed by atoms with Crippen molar-refractivity contribution in [2.75, 3.05) is 37.7 Å². The van der Waals surface area contributed by atoms with Crippen molar-refractivity contribution in [3.8, 4) is 0 Å². The fourth-order valence-corrected chi connectivity index (χ4v) is 5.64. The third-order valence-corrected chi connectivity index (χ3v) is 7.72. The zero-order valence-corrected chi connectivity index (χ0v) is 21.5. The molecule has 2 aromatic carbocycles. The summed E-state index contributed by atoms with van der Waals surface area (Å²) in [5.41, 5.74) is 3.05. The first-order chi connectivity index (χ1) is 18.6. The smallest absolute Gasteiger partial charge is 0.253 e. The van der Waals surface area contributed by atoms with Gasteiger partial charge in [-0.1, -0.05) is 25.1 Å². The first-order valence-electron chi connectivity index (χ1n) is 13.4. The number of fused-ring (bicyclic) bond motifs is 1. The van der Waals surface area contributed by atoms with Crippen LogP contribution in [0.15, 0.2) is 53.3 Å². The van der Waals surface area contributed by atoms with Crippen LogP contribution in [0.1, 0.15) is 42.8 Å². The summed E-state index contributed by atoms with van der Waals surface area (Å²) in [5, 5.41) is 13.7. The predicted octanol–water partition coefficient (Wildman–Crippen LogP) is 3.31. The highest BCUT2D eigenvalue weighted by Gasteiger charge is 2.34. The van der Waals surface area contributed by atoms with E-state index < -0.39 is 6.04 Å². The van der Waals surface area contributed by atoms with Crippen LogP contribution in [0.25, 0.3) is 10.9 Å². The number of nitrogens with one attached hydrogen (secondary N) is 1. The van der Waals surface area contributed by atoms with Gasteiger partial charge < -0.3 is 14.6 Å². The summed E-state index contributed by atoms with van der Waals surface area (Å²) in [4.78, 5) is 20.9. The van der Waals surface area contributed by atoms with Crippen LogP contribution in [0.4, 0.5) is 10.1 Å². The second-order valence-corrected chi connectivity index (χ2v) is 10.1. The van der Waals surface area contributed by atoms with Gasteiger partial charge in [0.15, 0.2) is 5.82 Å². The number of piperazine rings is 1. The number of rotatable bonds is 7.